The summed E-state index contributed by atoms with van der Waals surface area (Å²) in [4.78, 5) is 27.2. The van der Waals surface area contributed by atoms with Gasteiger partial charge in [-0.05, 0) is 59.7 Å². The van der Waals surface area contributed by atoms with Crippen LogP contribution in [0, 0.1) is 5.82 Å². The molecule has 0 unspecified atom stereocenters. The van der Waals surface area contributed by atoms with Crippen LogP contribution in [0.2, 0.25) is 5.28 Å². The zero-order chi connectivity index (χ0) is 23.9. The first-order chi connectivity index (χ1) is 17.1. The number of ether oxygens (including phenoxy) is 1. The monoisotopic (exact) mass is 505 g/mol. The molecule has 1 aliphatic carbocycles. The van der Waals surface area contributed by atoms with E-state index in [9.17, 15) is 9.18 Å². The first-order valence-electron chi connectivity index (χ1n) is 11.0. The van der Waals surface area contributed by atoms with Crippen LogP contribution in [-0.2, 0) is 12.8 Å². The van der Waals surface area contributed by atoms with Crippen molar-refractivity contribution in [3.05, 3.63) is 86.4 Å². The summed E-state index contributed by atoms with van der Waals surface area (Å²) in [6.07, 6.45) is 7.96. The van der Waals surface area contributed by atoms with Crippen molar-refractivity contribution in [2.45, 2.75) is 25.7 Å². The molecule has 0 radical (unpaired) electrons. The molecule has 2 aromatic carbocycles. The molecule has 174 valence electrons. The highest BCUT2D eigenvalue weighted by Crippen LogP contribution is 2.34. The van der Waals surface area contributed by atoms with Crippen molar-refractivity contribution in [2.75, 3.05) is 0 Å². The number of aryl methyl sites for hydroxylation is 2. The molecule has 0 fully saturated rings. The molecular weight excluding hydrogens is 489 g/mol. The van der Waals surface area contributed by atoms with E-state index in [2.05, 4.69) is 20.1 Å². The number of hydrogen-bond acceptors (Lipinski definition) is 7. The maximum absolute atomic E-state index is 14.3. The highest BCUT2D eigenvalue weighted by molar-refractivity contribution is 7.18. The van der Waals surface area contributed by atoms with E-state index in [1.807, 2.05) is 30.3 Å². The van der Waals surface area contributed by atoms with Crippen molar-refractivity contribution in [3.8, 4) is 11.6 Å². The van der Waals surface area contributed by atoms with Gasteiger partial charge in [-0.1, -0.05) is 30.3 Å². The summed E-state index contributed by atoms with van der Waals surface area (Å²) < 4.78 is 21.3. The summed E-state index contributed by atoms with van der Waals surface area (Å²) in [5.41, 5.74) is 1.45. The maximum Gasteiger partial charge on any atom is 0.282 e. The van der Waals surface area contributed by atoms with Crippen molar-refractivity contribution < 1.29 is 9.13 Å². The highest BCUT2D eigenvalue weighted by atomic mass is 35.5. The molecule has 6 rings (SSSR count). The Bertz CT molecular complexity index is 1700. The Hall–Kier alpha value is -3.69. The van der Waals surface area contributed by atoms with Gasteiger partial charge in [-0.25, -0.2) is 9.97 Å². The smallest absolute Gasteiger partial charge is 0.282 e. The minimum atomic E-state index is -0.751. The fourth-order valence-electron chi connectivity index (χ4n) is 4.34. The van der Waals surface area contributed by atoms with Gasteiger partial charge >= 0.3 is 0 Å². The fraction of sp³-hybridized carbons (Fsp3) is 0.160. The van der Waals surface area contributed by atoms with Crippen molar-refractivity contribution in [3.63, 3.8) is 0 Å². The molecule has 1 aliphatic rings. The summed E-state index contributed by atoms with van der Waals surface area (Å²) in [7, 11) is 0. The molecular formula is C25H17ClFN5O2S. The second kappa shape index (κ2) is 8.83. The van der Waals surface area contributed by atoms with Gasteiger partial charge in [-0.15, -0.1) is 11.3 Å². The first kappa shape index (κ1) is 21.8. The molecule has 5 aromatic rings. The first-order valence-corrected chi connectivity index (χ1v) is 12.2. The number of rotatable bonds is 4. The van der Waals surface area contributed by atoms with E-state index in [0.29, 0.717) is 16.7 Å². The van der Waals surface area contributed by atoms with Gasteiger partial charge in [-0.2, -0.15) is 19.2 Å². The van der Waals surface area contributed by atoms with E-state index in [-0.39, 0.29) is 16.7 Å². The molecule has 0 bridgehead atoms. The van der Waals surface area contributed by atoms with Crippen LogP contribution >= 0.6 is 22.9 Å². The lowest BCUT2D eigenvalue weighted by atomic mass is 9.97. The summed E-state index contributed by atoms with van der Waals surface area (Å²) >= 11 is 7.42. The van der Waals surface area contributed by atoms with Gasteiger partial charge in [0.1, 0.15) is 16.9 Å². The van der Waals surface area contributed by atoms with Gasteiger partial charge in [0.2, 0.25) is 11.1 Å². The Balaban J connectivity index is 1.47. The van der Waals surface area contributed by atoms with Crippen LogP contribution in [0.5, 0.6) is 11.6 Å². The molecule has 3 aromatic heterocycles. The molecule has 7 nitrogen and oxygen atoms in total. The van der Waals surface area contributed by atoms with Gasteiger partial charge in [0.05, 0.1) is 17.8 Å². The van der Waals surface area contributed by atoms with Gasteiger partial charge in [0, 0.05) is 10.4 Å². The Morgan fingerprint density at radius 2 is 2.00 bits per heavy atom. The predicted octanol–water partition coefficient (Wildman–Crippen LogP) is 5.75. The molecule has 35 heavy (non-hydrogen) atoms. The fourth-order valence-corrected chi connectivity index (χ4v) is 5.69. The van der Waals surface area contributed by atoms with Crippen LogP contribution in [-0.4, -0.2) is 25.8 Å². The number of nitrogens with zero attached hydrogens (tertiary/aromatic N) is 5. The van der Waals surface area contributed by atoms with E-state index < -0.39 is 5.82 Å². The molecule has 0 aliphatic heterocycles. The van der Waals surface area contributed by atoms with Crippen molar-refractivity contribution in [2.24, 2.45) is 5.10 Å². The molecule has 0 spiro atoms. The number of fused-ring (bicyclic) bond motifs is 4. The van der Waals surface area contributed by atoms with Gasteiger partial charge in [-0.3, -0.25) is 4.79 Å². The largest absolute Gasteiger partial charge is 0.436 e. The van der Waals surface area contributed by atoms with Crippen molar-refractivity contribution in [1.82, 2.24) is 19.6 Å². The molecule has 0 atom stereocenters. The van der Waals surface area contributed by atoms with Crippen LogP contribution in [0.4, 0.5) is 4.39 Å². The molecule has 10 heteroatoms. The van der Waals surface area contributed by atoms with Crippen LogP contribution in [0.25, 0.3) is 21.0 Å². The predicted molar refractivity (Wildman–Crippen MR) is 135 cm³/mol. The third-order valence-electron chi connectivity index (χ3n) is 5.99. The molecule has 0 saturated heterocycles. The third-order valence-corrected chi connectivity index (χ3v) is 7.37. The normalized spacial score (nSPS) is 13.5. The lowest BCUT2D eigenvalue weighted by molar-refractivity contribution is 0.420. The quantitative estimate of drug-likeness (QED) is 0.229. The van der Waals surface area contributed by atoms with E-state index in [4.69, 9.17) is 16.3 Å². The van der Waals surface area contributed by atoms with E-state index in [1.54, 1.807) is 17.4 Å². The van der Waals surface area contributed by atoms with Crippen LogP contribution < -0.4 is 10.3 Å². The summed E-state index contributed by atoms with van der Waals surface area (Å²) in [5, 5.41) is 6.68. The standard InChI is InChI=1S/C25H17ClFN5O2S/c26-25-28-12-18(27)22(31-25)34-19-10-9-14-5-1-2-6-15(14)17(19)11-30-32-13-29-23-21(24(32)33)16-7-3-4-8-20(16)35-23/h1-2,5-6,9-13H,3-4,7-8H2/b30-11+. The van der Waals surface area contributed by atoms with Crippen LogP contribution in [0.1, 0.15) is 28.8 Å². The van der Waals surface area contributed by atoms with E-state index in [1.165, 1.54) is 22.1 Å². The average molecular weight is 506 g/mol. The average Bonchev–Trinajstić information content (AvgIpc) is 3.26. The number of thiophene rings is 1. The summed E-state index contributed by atoms with van der Waals surface area (Å²) in [6.45, 7) is 0. The second-order valence-corrected chi connectivity index (χ2v) is 9.54. The zero-order valence-corrected chi connectivity index (χ0v) is 19.8. The topological polar surface area (TPSA) is 82.3 Å². The number of aromatic nitrogens is 4. The minimum absolute atomic E-state index is 0.137. The van der Waals surface area contributed by atoms with Crippen LogP contribution in [0.3, 0.4) is 0 Å². The van der Waals surface area contributed by atoms with Crippen molar-refractivity contribution in [1.29, 1.82) is 0 Å². The van der Waals surface area contributed by atoms with E-state index >= 15 is 0 Å². The molecule has 3 heterocycles. The molecule has 0 amide bonds. The van der Waals surface area contributed by atoms with Gasteiger partial charge < -0.3 is 4.74 Å². The Morgan fingerprint density at radius 3 is 2.91 bits per heavy atom. The lowest BCUT2D eigenvalue weighted by Crippen LogP contribution is -2.18. The molecule has 0 N–H and O–H groups in total. The summed E-state index contributed by atoms with van der Waals surface area (Å²) in [5.74, 6) is -0.755. The number of hydrogen-bond donors (Lipinski definition) is 0. The number of halogens is 2. The minimum Gasteiger partial charge on any atom is -0.436 e. The Kier molecular flexibility index (Phi) is 5.50. The SMILES string of the molecule is O=c1c2c3c(sc2ncn1/N=C/c1c(Oc2nc(Cl)ncc2F)ccc2ccccc12)CCCC3. The third kappa shape index (κ3) is 3.96. The van der Waals surface area contributed by atoms with Gasteiger partial charge in [0.15, 0.2) is 0 Å². The highest BCUT2D eigenvalue weighted by Gasteiger charge is 2.20. The molecule has 0 saturated carbocycles. The Labute approximate surface area is 207 Å². The zero-order valence-electron chi connectivity index (χ0n) is 18.2. The second-order valence-electron chi connectivity index (χ2n) is 8.12. The van der Waals surface area contributed by atoms with Gasteiger partial charge in [0.25, 0.3) is 11.4 Å². The summed E-state index contributed by atoms with van der Waals surface area (Å²) in [6, 6.07) is 11.2. The Morgan fingerprint density at radius 1 is 1.14 bits per heavy atom. The van der Waals surface area contributed by atoms with Crippen LogP contribution in [0.15, 0.2) is 58.8 Å². The number of benzene rings is 2. The van der Waals surface area contributed by atoms with E-state index in [0.717, 1.165) is 53.0 Å². The maximum atomic E-state index is 14.3. The van der Waals surface area contributed by atoms with Crippen molar-refractivity contribution >= 4 is 50.1 Å². The lowest BCUT2D eigenvalue weighted by Gasteiger charge is -2.11.